The molecular formula is C24H28F3N. The van der Waals surface area contributed by atoms with Gasteiger partial charge in [0.25, 0.3) is 0 Å². The molecule has 0 aliphatic carbocycles. The summed E-state index contributed by atoms with van der Waals surface area (Å²) in [6.07, 6.45) is 11.3. The van der Waals surface area contributed by atoms with Crippen molar-refractivity contribution in [1.29, 1.82) is 0 Å². The van der Waals surface area contributed by atoms with Crippen LogP contribution in [-0.2, 0) is 12.6 Å². The quantitative estimate of drug-likeness (QED) is 0.386. The van der Waals surface area contributed by atoms with E-state index in [1.165, 1.54) is 6.07 Å². The molecule has 1 aromatic carbocycles. The van der Waals surface area contributed by atoms with Crippen molar-refractivity contribution in [3.63, 3.8) is 0 Å². The highest BCUT2D eigenvalue weighted by Gasteiger charge is 2.35. The summed E-state index contributed by atoms with van der Waals surface area (Å²) in [5.41, 5.74) is 2.78. The van der Waals surface area contributed by atoms with E-state index in [0.29, 0.717) is 28.8 Å². The first-order valence-corrected chi connectivity index (χ1v) is 9.30. The summed E-state index contributed by atoms with van der Waals surface area (Å²) < 4.78 is 41.6. The van der Waals surface area contributed by atoms with Gasteiger partial charge in [0.15, 0.2) is 0 Å². The van der Waals surface area contributed by atoms with Crippen molar-refractivity contribution in [3.8, 4) is 12.3 Å². The second-order valence-electron chi connectivity index (χ2n) is 6.42. The lowest BCUT2D eigenvalue weighted by molar-refractivity contribution is -0.137. The standard InChI is InChI=1S/C24H28F3N/c1-7-10-11-12-20(18(5)14-13-17(4)8-2)21-15-19(9-3)23(28-6)16-22(21)24(25,26)27/h2,10-16,28H,7,9H2,1,3-6H3/b11-10-,17-13+,18-14+,20-12+. The van der Waals surface area contributed by atoms with Crippen LogP contribution in [0.4, 0.5) is 18.9 Å². The molecule has 0 aliphatic rings. The number of allylic oxidation sites excluding steroid dienone is 8. The van der Waals surface area contributed by atoms with E-state index in [0.717, 1.165) is 12.0 Å². The summed E-state index contributed by atoms with van der Waals surface area (Å²) in [4.78, 5) is 0. The van der Waals surface area contributed by atoms with E-state index in [-0.39, 0.29) is 5.56 Å². The van der Waals surface area contributed by atoms with Gasteiger partial charge in [0.2, 0.25) is 0 Å². The lowest BCUT2D eigenvalue weighted by atomic mass is 9.90. The number of halogens is 3. The van der Waals surface area contributed by atoms with E-state index in [9.17, 15) is 13.2 Å². The molecule has 1 nitrogen and oxygen atoms in total. The van der Waals surface area contributed by atoms with Gasteiger partial charge in [-0.1, -0.05) is 50.1 Å². The molecule has 150 valence electrons. The first-order valence-electron chi connectivity index (χ1n) is 9.30. The van der Waals surface area contributed by atoms with Gasteiger partial charge in [-0.05, 0) is 66.7 Å². The van der Waals surface area contributed by atoms with Crippen LogP contribution in [0.1, 0.15) is 50.8 Å². The summed E-state index contributed by atoms with van der Waals surface area (Å²) in [5.74, 6) is 2.52. The average molecular weight is 387 g/mol. The fraction of sp³-hybridized carbons (Fsp3) is 0.333. The first kappa shape index (κ1) is 23.4. The van der Waals surface area contributed by atoms with E-state index in [1.807, 2.05) is 19.9 Å². The van der Waals surface area contributed by atoms with E-state index >= 15 is 0 Å². The molecule has 1 N–H and O–H groups in total. The van der Waals surface area contributed by atoms with Gasteiger partial charge in [-0.15, -0.1) is 6.42 Å². The van der Waals surface area contributed by atoms with E-state index < -0.39 is 11.7 Å². The molecule has 28 heavy (non-hydrogen) atoms. The Balaban J connectivity index is 3.80. The Morgan fingerprint density at radius 1 is 1.14 bits per heavy atom. The highest BCUT2D eigenvalue weighted by molar-refractivity contribution is 5.83. The number of terminal acetylenes is 1. The maximum absolute atomic E-state index is 13.9. The van der Waals surface area contributed by atoms with Gasteiger partial charge in [-0.25, -0.2) is 0 Å². The van der Waals surface area contributed by atoms with Gasteiger partial charge in [0.05, 0.1) is 5.56 Å². The van der Waals surface area contributed by atoms with Gasteiger partial charge >= 0.3 is 6.18 Å². The zero-order chi connectivity index (χ0) is 21.3. The van der Waals surface area contributed by atoms with E-state index in [4.69, 9.17) is 6.42 Å². The number of aryl methyl sites for hydroxylation is 1. The Morgan fingerprint density at radius 3 is 2.32 bits per heavy atom. The van der Waals surface area contributed by atoms with Crippen molar-refractivity contribution in [3.05, 3.63) is 70.3 Å². The molecule has 0 saturated heterocycles. The highest BCUT2D eigenvalue weighted by atomic mass is 19.4. The molecule has 0 saturated carbocycles. The van der Waals surface area contributed by atoms with Gasteiger partial charge in [-0.3, -0.25) is 0 Å². The van der Waals surface area contributed by atoms with Gasteiger partial charge in [0.1, 0.15) is 0 Å². The van der Waals surface area contributed by atoms with Crippen LogP contribution in [0, 0.1) is 12.3 Å². The summed E-state index contributed by atoms with van der Waals surface area (Å²) in [6, 6.07) is 2.83. The summed E-state index contributed by atoms with van der Waals surface area (Å²) in [7, 11) is 1.63. The van der Waals surface area contributed by atoms with Crippen molar-refractivity contribution in [1.82, 2.24) is 0 Å². The molecule has 0 amide bonds. The van der Waals surface area contributed by atoms with Gasteiger partial charge in [-0.2, -0.15) is 13.2 Å². The summed E-state index contributed by atoms with van der Waals surface area (Å²) >= 11 is 0. The van der Waals surface area contributed by atoms with Crippen LogP contribution >= 0.6 is 0 Å². The Kier molecular flexibility index (Phi) is 8.85. The molecule has 0 atom stereocenters. The molecule has 0 radical (unpaired) electrons. The number of hydrogen-bond acceptors (Lipinski definition) is 1. The molecule has 1 rings (SSSR count). The largest absolute Gasteiger partial charge is 0.417 e. The zero-order valence-electron chi connectivity index (χ0n) is 17.2. The second-order valence-corrected chi connectivity index (χ2v) is 6.42. The maximum Gasteiger partial charge on any atom is 0.417 e. The van der Waals surface area contributed by atoms with Crippen LogP contribution in [0.25, 0.3) is 5.57 Å². The zero-order valence-corrected chi connectivity index (χ0v) is 17.2. The van der Waals surface area contributed by atoms with Crippen LogP contribution in [-0.4, -0.2) is 7.05 Å². The number of anilines is 1. The molecular weight excluding hydrogens is 359 g/mol. The Hall–Kier alpha value is -2.67. The minimum Gasteiger partial charge on any atom is -0.388 e. The molecule has 0 bridgehead atoms. The minimum atomic E-state index is -4.47. The van der Waals surface area contributed by atoms with Gasteiger partial charge in [0, 0.05) is 12.7 Å². The van der Waals surface area contributed by atoms with Crippen molar-refractivity contribution in [2.45, 2.75) is 46.7 Å². The predicted octanol–water partition coefficient (Wildman–Crippen LogP) is 7.18. The smallest absolute Gasteiger partial charge is 0.388 e. The van der Waals surface area contributed by atoms with Gasteiger partial charge < -0.3 is 5.32 Å². The lowest BCUT2D eigenvalue weighted by Gasteiger charge is -2.20. The molecule has 0 spiro atoms. The topological polar surface area (TPSA) is 12.0 Å². The lowest BCUT2D eigenvalue weighted by Crippen LogP contribution is -2.11. The SMILES string of the molecule is C#C/C(C)=C/C=C(C)/C(=C\C=C/CC)c1cc(CC)c(NC)cc1C(F)(F)F. The maximum atomic E-state index is 13.9. The monoisotopic (exact) mass is 387 g/mol. The Bertz CT molecular complexity index is 844. The Labute approximate surface area is 166 Å². The molecule has 0 aliphatic heterocycles. The number of rotatable bonds is 7. The fourth-order valence-electron chi connectivity index (χ4n) is 2.75. The van der Waals surface area contributed by atoms with Crippen LogP contribution in [0.15, 0.2) is 53.7 Å². The van der Waals surface area contributed by atoms with E-state index in [1.54, 1.807) is 51.3 Å². The van der Waals surface area contributed by atoms with Crippen LogP contribution in [0.5, 0.6) is 0 Å². The average Bonchev–Trinajstić information content (AvgIpc) is 2.67. The molecule has 1 aromatic rings. The summed E-state index contributed by atoms with van der Waals surface area (Å²) in [6.45, 7) is 7.48. The molecule has 0 aromatic heterocycles. The minimum absolute atomic E-state index is 0.171. The number of hydrogen-bond donors (Lipinski definition) is 1. The second kappa shape index (κ2) is 10.6. The predicted molar refractivity (Wildman–Crippen MR) is 114 cm³/mol. The third-order valence-electron chi connectivity index (χ3n) is 4.36. The molecule has 0 heterocycles. The number of nitrogens with one attached hydrogen (secondary N) is 1. The molecule has 4 heteroatoms. The third kappa shape index (κ3) is 6.20. The molecule has 0 unspecified atom stereocenters. The molecule has 0 fully saturated rings. The third-order valence-corrected chi connectivity index (χ3v) is 4.36. The number of benzene rings is 1. The van der Waals surface area contributed by atoms with Crippen molar-refractivity contribution in [2.24, 2.45) is 0 Å². The van der Waals surface area contributed by atoms with Crippen molar-refractivity contribution < 1.29 is 13.2 Å². The first-order chi connectivity index (χ1) is 13.2. The number of alkyl halides is 3. The highest BCUT2D eigenvalue weighted by Crippen LogP contribution is 2.40. The Morgan fingerprint density at radius 2 is 1.82 bits per heavy atom. The van der Waals surface area contributed by atoms with Crippen LogP contribution < -0.4 is 5.32 Å². The van der Waals surface area contributed by atoms with Crippen LogP contribution in [0.2, 0.25) is 0 Å². The van der Waals surface area contributed by atoms with Crippen LogP contribution in [0.3, 0.4) is 0 Å². The van der Waals surface area contributed by atoms with Crippen molar-refractivity contribution in [2.75, 3.05) is 12.4 Å². The van der Waals surface area contributed by atoms with Crippen molar-refractivity contribution >= 4 is 11.3 Å². The fourth-order valence-corrected chi connectivity index (χ4v) is 2.75. The normalized spacial score (nSPS) is 13.8. The van der Waals surface area contributed by atoms with E-state index in [2.05, 4.69) is 11.2 Å². The summed E-state index contributed by atoms with van der Waals surface area (Å²) in [5, 5.41) is 2.87.